The minimum Gasteiger partial charge on any atom is -0.394 e. The topological polar surface area (TPSA) is 83.0 Å². The summed E-state index contributed by atoms with van der Waals surface area (Å²) in [7, 11) is 0. The molecule has 0 aliphatic rings. The van der Waals surface area contributed by atoms with Crippen molar-refractivity contribution in [3.05, 3.63) is 5.28 Å². The first-order valence-electron chi connectivity index (χ1n) is 6.09. The van der Waals surface area contributed by atoms with Crippen molar-refractivity contribution in [1.82, 2.24) is 15.0 Å². The van der Waals surface area contributed by atoms with Gasteiger partial charge in [0.15, 0.2) is 0 Å². The van der Waals surface area contributed by atoms with Crippen molar-refractivity contribution in [3.8, 4) is 0 Å². The van der Waals surface area contributed by atoms with Gasteiger partial charge in [0.1, 0.15) is 0 Å². The van der Waals surface area contributed by atoms with Gasteiger partial charge in [-0.25, -0.2) is 0 Å². The fourth-order valence-corrected chi connectivity index (χ4v) is 1.48. The molecule has 0 radical (unpaired) electrons. The molecule has 0 saturated heterocycles. The summed E-state index contributed by atoms with van der Waals surface area (Å²) in [5.41, 5.74) is 0. The van der Waals surface area contributed by atoms with Gasteiger partial charge >= 0.3 is 0 Å². The van der Waals surface area contributed by atoms with Crippen LogP contribution in [0.5, 0.6) is 0 Å². The minimum atomic E-state index is -0.109. The third-order valence-corrected chi connectivity index (χ3v) is 2.63. The van der Waals surface area contributed by atoms with Crippen molar-refractivity contribution in [1.29, 1.82) is 0 Å². The van der Waals surface area contributed by atoms with E-state index in [1.807, 2.05) is 13.8 Å². The Bertz CT molecular complexity index is 374. The first kappa shape index (κ1) is 14.9. The summed E-state index contributed by atoms with van der Waals surface area (Å²) in [5.74, 6) is 1.08. The van der Waals surface area contributed by atoms with Gasteiger partial charge in [-0.2, -0.15) is 15.0 Å². The summed E-state index contributed by atoms with van der Waals surface area (Å²) >= 11 is 5.83. The maximum absolute atomic E-state index is 9.26. The zero-order valence-electron chi connectivity index (χ0n) is 10.9. The van der Waals surface area contributed by atoms with Crippen LogP contribution in [0, 0.1) is 5.92 Å². The normalized spacial score (nSPS) is 12.6. The average molecular weight is 274 g/mol. The largest absolute Gasteiger partial charge is 0.394 e. The summed E-state index contributed by atoms with van der Waals surface area (Å²) in [6.45, 7) is 6.85. The quantitative estimate of drug-likeness (QED) is 0.702. The van der Waals surface area contributed by atoms with Crippen molar-refractivity contribution in [2.75, 3.05) is 23.8 Å². The number of aromatic nitrogens is 3. The second-order valence-corrected chi connectivity index (χ2v) is 4.69. The Labute approximate surface area is 112 Å². The molecule has 1 heterocycles. The Morgan fingerprint density at radius 1 is 1.22 bits per heavy atom. The first-order valence-corrected chi connectivity index (χ1v) is 6.47. The molecule has 0 fully saturated rings. The van der Waals surface area contributed by atoms with Crippen molar-refractivity contribution < 1.29 is 5.11 Å². The number of rotatable bonds is 7. The monoisotopic (exact) mass is 273 g/mol. The van der Waals surface area contributed by atoms with Gasteiger partial charge in [0.2, 0.25) is 17.2 Å². The smallest absolute Gasteiger partial charge is 0.229 e. The molecule has 1 unspecified atom stereocenters. The first-order chi connectivity index (χ1) is 8.56. The molecule has 0 saturated carbocycles. The summed E-state index contributed by atoms with van der Waals surface area (Å²) in [6, 6.07) is -0.109. The molecule has 18 heavy (non-hydrogen) atoms. The number of hydrogen-bond donors (Lipinski definition) is 3. The van der Waals surface area contributed by atoms with Gasteiger partial charge in [-0.15, -0.1) is 0 Å². The van der Waals surface area contributed by atoms with Gasteiger partial charge in [0.25, 0.3) is 0 Å². The van der Waals surface area contributed by atoms with E-state index in [2.05, 4.69) is 32.5 Å². The van der Waals surface area contributed by atoms with Crippen LogP contribution in [0.4, 0.5) is 11.9 Å². The van der Waals surface area contributed by atoms with Crippen LogP contribution in [-0.2, 0) is 0 Å². The molecule has 0 aliphatic heterocycles. The van der Waals surface area contributed by atoms with Crippen LogP contribution in [0.1, 0.15) is 27.2 Å². The lowest BCUT2D eigenvalue weighted by atomic mass is 10.1. The standard InChI is InChI=1S/C11H20ClN5O/c1-4-5-13-10-15-9(12)16-11(17-10)14-8(6-18)7(2)3/h7-8,18H,4-6H2,1-3H3,(H2,13,14,15,16,17). The molecule has 0 aromatic carbocycles. The van der Waals surface area contributed by atoms with Gasteiger partial charge in [0.05, 0.1) is 12.6 Å². The van der Waals surface area contributed by atoms with Crippen molar-refractivity contribution in [3.63, 3.8) is 0 Å². The second kappa shape index (κ2) is 7.33. The van der Waals surface area contributed by atoms with Gasteiger partial charge in [-0.1, -0.05) is 20.8 Å². The number of nitrogens with one attached hydrogen (secondary N) is 2. The number of aliphatic hydroxyl groups excluding tert-OH is 1. The van der Waals surface area contributed by atoms with Gasteiger partial charge < -0.3 is 15.7 Å². The lowest BCUT2D eigenvalue weighted by Gasteiger charge is -2.19. The average Bonchev–Trinajstić information content (AvgIpc) is 2.32. The number of anilines is 2. The lowest BCUT2D eigenvalue weighted by Crippen LogP contribution is -2.30. The van der Waals surface area contributed by atoms with E-state index in [9.17, 15) is 5.11 Å². The minimum absolute atomic E-state index is 0.0126. The molecule has 0 aliphatic carbocycles. The zero-order chi connectivity index (χ0) is 13.5. The van der Waals surface area contributed by atoms with Crippen LogP contribution in [0.25, 0.3) is 0 Å². The second-order valence-electron chi connectivity index (χ2n) is 4.36. The Hall–Kier alpha value is -1.14. The summed E-state index contributed by atoms with van der Waals surface area (Å²) < 4.78 is 0. The van der Waals surface area contributed by atoms with Crippen molar-refractivity contribution >= 4 is 23.5 Å². The Balaban J connectivity index is 2.78. The molecule has 102 valence electrons. The highest BCUT2D eigenvalue weighted by molar-refractivity contribution is 6.28. The maximum Gasteiger partial charge on any atom is 0.229 e. The van der Waals surface area contributed by atoms with Crippen molar-refractivity contribution in [2.24, 2.45) is 5.92 Å². The summed E-state index contributed by atoms with van der Waals surface area (Å²) in [6.07, 6.45) is 0.970. The van der Waals surface area contributed by atoms with Crippen LogP contribution in [0.15, 0.2) is 0 Å². The molecular weight excluding hydrogens is 254 g/mol. The number of hydrogen-bond acceptors (Lipinski definition) is 6. The molecule has 0 spiro atoms. The SMILES string of the molecule is CCCNc1nc(Cl)nc(NC(CO)C(C)C)n1. The number of nitrogens with zero attached hydrogens (tertiary/aromatic N) is 3. The summed E-state index contributed by atoms with van der Waals surface area (Å²) in [5, 5.41) is 15.5. The molecule has 1 rings (SSSR count). The molecule has 0 bridgehead atoms. The van der Waals surface area contributed by atoms with Crippen LogP contribution in [0.3, 0.4) is 0 Å². The van der Waals surface area contributed by atoms with E-state index in [1.54, 1.807) is 0 Å². The molecule has 7 heteroatoms. The number of aliphatic hydroxyl groups is 1. The Kier molecular flexibility index (Phi) is 6.07. The van der Waals surface area contributed by atoms with E-state index < -0.39 is 0 Å². The predicted octanol–water partition coefficient (Wildman–Crippen LogP) is 1.78. The summed E-state index contributed by atoms with van der Waals surface area (Å²) in [4.78, 5) is 12.2. The van der Waals surface area contributed by atoms with Crippen LogP contribution >= 0.6 is 11.6 Å². The fraction of sp³-hybridized carbons (Fsp3) is 0.727. The van der Waals surface area contributed by atoms with Crippen molar-refractivity contribution in [2.45, 2.75) is 33.2 Å². The molecule has 1 aromatic heterocycles. The van der Waals surface area contributed by atoms with Gasteiger partial charge in [-0.05, 0) is 23.9 Å². The Morgan fingerprint density at radius 3 is 2.44 bits per heavy atom. The molecule has 3 N–H and O–H groups in total. The highest BCUT2D eigenvalue weighted by Gasteiger charge is 2.14. The van der Waals surface area contributed by atoms with Crippen LogP contribution in [0.2, 0.25) is 5.28 Å². The van der Waals surface area contributed by atoms with Gasteiger partial charge in [0, 0.05) is 6.54 Å². The third kappa shape index (κ3) is 4.62. The molecule has 1 aromatic rings. The van der Waals surface area contributed by atoms with E-state index in [-0.39, 0.29) is 23.9 Å². The van der Waals surface area contributed by atoms with E-state index in [0.29, 0.717) is 11.9 Å². The highest BCUT2D eigenvalue weighted by Crippen LogP contribution is 2.13. The van der Waals surface area contributed by atoms with E-state index >= 15 is 0 Å². The van der Waals surface area contributed by atoms with E-state index in [0.717, 1.165) is 13.0 Å². The van der Waals surface area contributed by atoms with E-state index in [4.69, 9.17) is 11.6 Å². The van der Waals surface area contributed by atoms with E-state index in [1.165, 1.54) is 0 Å². The third-order valence-electron chi connectivity index (χ3n) is 2.46. The highest BCUT2D eigenvalue weighted by atomic mass is 35.5. The Morgan fingerprint density at radius 2 is 1.89 bits per heavy atom. The van der Waals surface area contributed by atoms with Gasteiger partial charge in [-0.3, -0.25) is 0 Å². The van der Waals surface area contributed by atoms with Crippen LogP contribution < -0.4 is 10.6 Å². The lowest BCUT2D eigenvalue weighted by molar-refractivity contribution is 0.248. The van der Waals surface area contributed by atoms with Crippen LogP contribution in [-0.4, -0.2) is 39.3 Å². The number of halogens is 1. The molecule has 6 nitrogen and oxygen atoms in total. The molecule has 0 amide bonds. The fourth-order valence-electron chi connectivity index (χ4n) is 1.32. The maximum atomic E-state index is 9.26. The predicted molar refractivity (Wildman–Crippen MR) is 73.0 cm³/mol. The zero-order valence-corrected chi connectivity index (χ0v) is 11.7. The molecule has 1 atom stereocenters. The molecular formula is C11H20ClN5O.